The maximum absolute atomic E-state index is 11.8. The van der Waals surface area contributed by atoms with E-state index in [4.69, 9.17) is 16.3 Å². The third-order valence-electron chi connectivity index (χ3n) is 3.84. The highest BCUT2D eigenvalue weighted by molar-refractivity contribution is 6.29. The van der Waals surface area contributed by atoms with E-state index in [-0.39, 0.29) is 19.1 Å². The number of nitrogens with zero attached hydrogens (tertiary/aromatic N) is 1. The number of hydrogen-bond donors (Lipinski definition) is 2. The van der Waals surface area contributed by atoms with Crippen molar-refractivity contribution in [3.8, 4) is 0 Å². The lowest BCUT2D eigenvalue weighted by molar-refractivity contribution is 0.0522. The fourth-order valence-corrected chi connectivity index (χ4v) is 2.71. The Labute approximate surface area is 142 Å². The number of nitrogens with one attached hydrogen (secondary N) is 1. The molecule has 1 amide bonds. The number of hydrogen-bond acceptors (Lipinski definition) is 4. The first-order chi connectivity index (χ1) is 10.8. The van der Waals surface area contributed by atoms with Crippen LogP contribution in [0.2, 0.25) is 5.15 Å². The summed E-state index contributed by atoms with van der Waals surface area (Å²) < 4.78 is 5.23. The fourth-order valence-electron chi connectivity index (χ4n) is 2.54. The van der Waals surface area contributed by atoms with Gasteiger partial charge in [0.2, 0.25) is 0 Å². The van der Waals surface area contributed by atoms with Crippen LogP contribution in [0, 0.1) is 11.8 Å². The van der Waals surface area contributed by atoms with Crippen molar-refractivity contribution >= 4 is 17.7 Å². The Kier molecular flexibility index (Phi) is 5.87. The minimum absolute atomic E-state index is 0.173. The Bertz CT molecular complexity index is 553. The third kappa shape index (κ3) is 5.99. The number of carbonyl (C=O) groups is 1. The number of aliphatic hydroxyl groups excluding tert-OH is 1. The van der Waals surface area contributed by atoms with Gasteiger partial charge >= 0.3 is 6.09 Å². The SMILES string of the molecule is CC(C)(C)OC(=O)NCc1nc(Cl)ccc1CC(CO)C1CC1. The highest BCUT2D eigenvalue weighted by atomic mass is 35.5. The molecule has 0 spiro atoms. The number of aliphatic hydroxyl groups is 1. The quantitative estimate of drug-likeness (QED) is 0.779. The largest absolute Gasteiger partial charge is 0.444 e. The van der Waals surface area contributed by atoms with Gasteiger partial charge in [-0.25, -0.2) is 9.78 Å². The van der Waals surface area contributed by atoms with Crippen LogP contribution in [0.4, 0.5) is 4.79 Å². The fraction of sp³-hybridized carbons (Fsp3) is 0.647. The van der Waals surface area contributed by atoms with Gasteiger partial charge in [0.05, 0.1) is 12.2 Å². The Morgan fingerprint density at radius 3 is 2.74 bits per heavy atom. The van der Waals surface area contributed by atoms with Gasteiger partial charge in [0, 0.05) is 6.61 Å². The van der Waals surface area contributed by atoms with E-state index in [1.807, 2.05) is 26.8 Å². The summed E-state index contributed by atoms with van der Waals surface area (Å²) in [6.45, 7) is 5.88. The first kappa shape index (κ1) is 18.0. The molecular weight excluding hydrogens is 316 g/mol. The van der Waals surface area contributed by atoms with E-state index in [1.165, 1.54) is 12.8 Å². The van der Waals surface area contributed by atoms with Crippen molar-refractivity contribution in [1.29, 1.82) is 0 Å². The van der Waals surface area contributed by atoms with E-state index in [2.05, 4.69) is 10.3 Å². The van der Waals surface area contributed by atoms with Crippen LogP contribution in [0.15, 0.2) is 12.1 Å². The number of halogens is 1. The predicted molar refractivity (Wildman–Crippen MR) is 89.3 cm³/mol. The highest BCUT2D eigenvalue weighted by Gasteiger charge is 2.31. The average molecular weight is 341 g/mol. The molecule has 1 heterocycles. The lowest BCUT2D eigenvalue weighted by Crippen LogP contribution is -2.32. The van der Waals surface area contributed by atoms with E-state index in [9.17, 15) is 9.90 Å². The third-order valence-corrected chi connectivity index (χ3v) is 4.05. The molecule has 0 bridgehead atoms. The van der Waals surface area contributed by atoms with Crippen molar-refractivity contribution in [3.63, 3.8) is 0 Å². The second-order valence-electron chi connectivity index (χ2n) is 7.08. The number of amides is 1. The molecule has 1 unspecified atom stereocenters. The molecule has 2 rings (SSSR count). The zero-order valence-corrected chi connectivity index (χ0v) is 14.7. The topological polar surface area (TPSA) is 71.5 Å². The van der Waals surface area contributed by atoms with Gasteiger partial charge in [0.1, 0.15) is 10.8 Å². The van der Waals surface area contributed by atoms with Crippen LogP contribution in [-0.2, 0) is 17.7 Å². The average Bonchev–Trinajstić information content (AvgIpc) is 3.27. The second-order valence-corrected chi connectivity index (χ2v) is 7.47. The van der Waals surface area contributed by atoms with Crippen molar-refractivity contribution in [2.45, 2.75) is 52.2 Å². The predicted octanol–water partition coefficient (Wildman–Crippen LogP) is 3.32. The summed E-state index contributed by atoms with van der Waals surface area (Å²) in [7, 11) is 0. The number of aromatic nitrogens is 1. The lowest BCUT2D eigenvalue weighted by Gasteiger charge is -2.20. The van der Waals surface area contributed by atoms with E-state index in [0.29, 0.717) is 11.1 Å². The molecule has 128 valence electrons. The Balaban J connectivity index is 2.01. The molecule has 0 saturated heterocycles. The van der Waals surface area contributed by atoms with Gasteiger partial charge in [0.25, 0.3) is 0 Å². The zero-order valence-electron chi connectivity index (χ0n) is 13.9. The van der Waals surface area contributed by atoms with Crippen LogP contribution in [0.5, 0.6) is 0 Å². The molecule has 0 aromatic carbocycles. The molecule has 5 nitrogen and oxygen atoms in total. The Morgan fingerprint density at radius 1 is 1.48 bits per heavy atom. The normalized spacial score (nSPS) is 16.0. The summed E-state index contributed by atoms with van der Waals surface area (Å²) in [5.41, 5.74) is 1.20. The monoisotopic (exact) mass is 340 g/mol. The van der Waals surface area contributed by atoms with Gasteiger partial charge in [-0.05, 0) is 63.5 Å². The van der Waals surface area contributed by atoms with E-state index in [1.54, 1.807) is 6.07 Å². The number of ether oxygens (including phenoxy) is 1. The summed E-state index contributed by atoms with van der Waals surface area (Å²) >= 11 is 5.98. The summed E-state index contributed by atoms with van der Waals surface area (Å²) in [6.07, 6.45) is 2.62. The van der Waals surface area contributed by atoms with Gasteiger partial charge in [-0.3, -0.25) is 0 Å². The zero-order chi connectivity index (χ0) is 17.0. The summed E-state index contributed by atoms with van der Waals surface area (Å²) in [6, 6.07) is 3.67. The molecule has 6 heteroatoms. The van der Waals surface area contributed by atoms with Crippen LogP contribution in [0.3, 0.4) is 0 Å². The van der Waals surface area contributed by atoms with Crippen LogP contribution in [0.25, 0.3) is 0 Å². The number of rotatable bonds is 6. The number of carbonyl (C=O) groups excluding carboxylic acids is 1. The molecule has 2 N–H and O–H groups in total. The Hall–Kier alpha value is -1.33. The minimum atomic E-state index is -0.539. The van der Waals surface area contributed by atoms with Gasteiger partial charge in [-0.1, -0.05) is 17.7 Å². The molecule has 1 aliphatic carbocycles. The van der Waals surface area contributed by atoms with Crippen molar-refractivity contribution in [3.05, 3.63) is 28.5 Å². The first-order valence-electron chi connectivity index (χ1n) is 8.00. The number of alkyl carbamates (subject to hydrolysis) is 1. The van der Waals surface area contributed by atoms with Gasteiger partial charge in [0.15, 0.2) is 0 Å². The van der Waals surface area contributed by atoms with E-state index < -0.39 is 11.7 Å². The lowest BCUT2D eigenvalue weighted by atomic mass is 9.94. The molecule has 1 saturated carbocycles. The van der Waals surface area contributed by atoms with E-state index in [0.717, 1.165) is 17.7 Å². The molecule has 1 aromatic rings. The highest BCUT2D eigenvalue weighted by Crippen LogP contribution is 2.38. The van der Waals surface area contributed by atoms with Gasteiger partial charge in [-0.15, -0.1) is 0 Å². The summed E-state index contributed by atoms with van der Waals surface area (Å²) in [4.78, 5) is 16.1. The molecule has 1 aromatic heterocycles. The smallest absolute Gasteiger partial charge is 0.407 e. The molecule has 1 atom stereocenters. The maximum Gasteiger partial charge on any atom is 0.407 e. The van der Waals surface area contributed by atoms with Crippen LogP contribution in [0.1, 0.15) is 44.9 Å². The van der Waals surface area contributed by atoms with Gasteiger partial charge in [-0.2, -0.15) is 0 Å². The molecule has 1 aliphatic rings. The first-order valence-corrected chi connectivity index (χ1v) is 8.38. The summed E-state index contributed by atoms with van der Waals surface area (Å²) in [5, 5.41) is 12.7. The molecule has 23 heavy (non-hydrogen) atoms. The van der Waals surface area contributed by atoms with Crippen molar-refractivity contribution < 1.29 is 14.6 Å². The molecule has 0 radical (unpaired) electrons. The van der Waals surface area contributed by atoms with Gasteiger partial charge < -0.3 is 15.2 Å². The van der Waals surface area contributed by atoms with E-state index >= 15 is 0 Å². The molecule has 1 fully saturated rings. The van der Waals surface area contributed by atoms with Crippen LogP contribution >= 0.6 is 11.6 Å². The summed E-state index contributed by atoms with van der Waals surface area (Å²) in [5.74, 6) is 0.848. The van der Waals surface area contributed by atoms with Crippen molar-refractivity contribution in [1.82, 2.24) is 10.3 Å². The van der Waals surface area contributed by atoms with Crippen molar-refractivity contribution in [2.75, 3.05) is 6.61 Å². The van der Waals surface area contributed by atoms with Crippen LogP contribution < -0.4 is 5.32 Å². The second kappa shape index (κ2) is 7.49. The molecule has 0 aliphatic heterocycles. The Morgan fingerprint density at radius 2 is 2.17 bits per heavy atom. The maximum atomic E-state index is 11.8. The standard InChI is InChI=1S/C17H25ClN2O3/c1-17(2,3)23-16(22)19-9-14-12(6-7-15(18)20-14)8-13(10-21)11-4-5-11/h6-7,11,13,21H,4-5,8-10H2,1-3H3,(H,19,22). The number of pyridine rings is 1. The van der Waals surface area contributed by atoms with Crippen molar-refractivity contribution in [2.24, 2.45) is 11.8 Å². The minimum Gasteiger partial charge on any atom is -0.444 e. The van der Waals surface area contributed by atoms with Crippen LogP contribution in [-0.4, -0.2) is 28.4 Å². The molecular formula is C17H25ClN2O3.